The molecule has 1 aromatic rings. The number of carbonyl (C=O) groups is 3. The molecule has 1 atom stereocenters. The lowest BCUT2D eigenvalue weighted by molar-refractivity contribution is -0.133. The van der Waals surface area contributed by atoms with Crippen molar-refractivity contribution < 1.29 is 14.4 Å². The Hall–Kier alpha value is -2.42. The third-order valence-electron chi connectivity index (χ3n) is 7.41. The summed E-state index contributed by atoms with van der Waals surface area (Å²) in [6.45, 7) is 8.17. The van der Waals surface area contributed by atoms with E-state index in [9.17, 15) is 14.4 Å². The van der Waals surface area contributed by atoms with Gasteiger partial charge in [-0.3, -0.25) is 19.1 Å². The van der Waals surface area contributed by atoms with E-state index in [0.29, 0.717) is 18.8 Å². The van der Waals surface area contributed by atoms with E-state index in [4.69, 9.17) is 0 Å². The van der Waals surface area contributed by atoms with Gasteiger partial charge in [0, 0.05) is 25.2 Å². The molecular formula is C24H38N6O3. The van der Waals surface area contributed by atoms with Crippen LogP contribution in [0.5, 0.6) is 0 Å². The molecule has 182 valence electrons. The van der Waals surface area contributed by atoms with E-state index in [0.717, 1.165) is 51.7 Å². The molecule has 0 spiro atoms. The number of fused-ring (bicyclic) bond motifs is 1. The van der Waals surface area contributed by atoms with E-state index < -0.39 is 5.54 Å². The zero-order valence-corrected chi connectivity index (χ0v) is 20.1. The number of piperidine rings is 1. The highest BCUT2D eigenvalue weighted by atomic mass is 16.2. The lowest BCUT2D eigenvalue weighted by Gasteiger charge is -2.43. The van der Waals surface area contributed by atoms with Crippen molar-refractivity contribution in [1.29, 1.82) is 0 Å². The fourth-order valence-electron chi connectivity index (χ4n) is 5.44. The summed E-state index contributed by atoms with van der Waals surface area (Å²) in [7, 11) is 0. The average molecular weight is 459 g/mol. The average Bonchev–Trinajstić information content (AvgIpc) is 3.47. The van der Waals surface area contributed by atoms with E-state index in [1.807, 2.05) is 6.92 Å². The Bertz CT molecular complexity index is 872. The first-order valence-electron chi connectivity index (χ1n) is 12.6. The third kappa shape index (κ3) is 5.08. The van der Waals surface area contributed by atoms with Gasteiger partial charge in [0.15, 0.2) is 5.69 Å². The lowest BCUT2D eigenvalue weighted by atomic mass is 9.94. The predicted molar refractivity (Wildman–Crippen MR) is 125 cm³/mol. The van der Waals surface area contributed by atoms with Crippen molar-refractivity contribution >= 4 is 17.7 Å². The van der Waals surface area contributed by atoms with E-state index in [-0.39, 0.29) is 36.0 Å². The van der Waals surface area contributed by atoms with Crippen molar-refractivity contribution in [2.75, 3.05) is 32.7 Å². The van der Waals surface area contributed by atoms with E-state index in [2.05, 4.69) is 20.6 Å². The topological polar surface area (TPSA) is 99.6 Å². The molecule has 3 amide bonds. The highest BCUT2D eigenvalue weighted by Gasteiger charge is 2.48. The number of likely N-dealkylation sites (N-methyl/N-ethyl adjacent to an activating group) is 1. The minimum absolute atomic E-state index is 0.144. The van der Waals surface area contributed by atoms with Gasteiger partial charge in [-0.1, -0.05) is 19.3 Å². The standard InChI is InChI=1S/C24H38N6O3/c1-3-29-22(32)20-16-19(21(31)25-12-9-15-28-13-7-4-8-14-28)27-30(20)17-24(29,2)23(33)26-18-10-5-6-11-18/h16,18H,3-15,17H2,1-2H3,(H,25,31)(H,26,33)/t24-/m0/s1. The maximum atomic E-state index is 13.2. The summed E-state index contributed by atoms with van der Waals surface area (Å²) in [4.78, 5) is 43.2. The first-order chi connectivity index (χ1) is 15.9. The predicted octanol–water partition coefficient (Wildman–Crippen LogP) is 1.78. The molecule has 0 radical (unpaired) electrons. The largest absolute Gasteiger partial charge is 0.351 e. The number of carbonyl (C=O) groups excluding carboxylic acids is 3. The molecule has 1 saturated carbocycles. The fourth-order valence-corrected chi connectivity index (χ4v) is 5.44. The summed E-state index contributed by atoms with van der Waals surface area (Å²) in [5.41, 5.74) is -0.440. The van der Waals surface area contributed by atoms with Crippen LogP contribution in [0.3, 0.4) is 0 Å². The highest BCUT2D eigenvalue weighted by molar-refractivity contribution is 6.01. The van der Waals surface area contributed by atoms with Crippen LogP contribution in [0.1, 0.15) is 86.2 Å². The number of amides is 3. The van der Waals surface area contributed by atoms with Gasteiger partial charge in [0.1, 0.15) is 11.2 Å². The molecule has 2 fully saturated rings. The second-order valence-corrected chi connectivity index (χ2v) is 9.86. The molecule has 0 bridgehead atoms. The summed E-state index contributed by atoms with van der Waals surface area (Å²) >= 11 is 0. The number of hydrogen-bond donors (Lipinski definition) is 2. The van der Waals surface area contributed by atoms with Crippen LogP contribution >= 0.6 is 0 Å². The molecule has 0 unspecified atom stereocenters. The second kappa shape index (κ2) is 10.2. The Balaban J connectivity index is 1.39. The number of nitrogens with zero attached hydrogens (tertiary/aromatic N) is 4. The Kier molecular flexibility index (Phi) is 7.36. The van der Waals surface area contributed by atoms with Crippen LogP contribution in [0.25, 0.3) is 0 Å². The smallest absolute Gasteiger partial charge is 0.273 e. The number of nitrogens with one attached hydrogen (secondary N) is 2. The maximum Gasteiger partial charge on any atom is 0.273 e. The van der Waals surface area contributed by atoms with Gasteiger partial charge in [0.25, 0.3) is 11.8 Å². The molecule has 1 aromatic heterocycles. The number of likely N-dealkylation sites (tertiary alicyclic amines) is 1. The summed E-state index contributed by atoms with van der Waals surface area (Å²) in [6, 6.07) is 1.73. The molecule has 9 nitrogen and oxygen atoms in total. The van der Waals surface area contributed by atoms with Crippen LogP contribution in [0.4, 0.5) is 0 Å². The number of rotatable bonds is 8. The zero-order valence-electron chi connectivity index (χ0n) is 20.1. The first-order valence-corrected chi connectivity index (χ1v) is 12.6. The molecule has 1 saturated heterocycles. The molecule has 33 heavy (non-hydrogen) atoms. The molecule has 4 rings (SSSR count). The summed E-state index contributed by atoms with van der Waals surface area (Å²) in [5, 5.41) is 10.5. The van der Waals surface area contributed by atoms with Gasteiger partial charge in [0.2, 0.25) is 5.91 Å². The van der Waals surface area contributed by atoms with Crippen molar-refractivity contribution in [3.8, 4) is 0 Å². The molecule has 3 heterocycles. The van der Waals surface area contributed by atoms with Crippen molar-refractivity contribution in [2.45, 2.75) is 83.3 Å². The van der Waals surface area contributed by atoms with Gasteiger partial charge >= 0.3 is 0 Å². The highest BCUT2D eigenvalue weighted by Crippen LogP contribution is 2.28. The Morgan fingerprint density at radius 1 is 1.15 bits per heavy atom. The van der Waals surface area contributed by atoms with Crippen LogP contribution in [0, 0.1) is 0 Å². The molecule has 9 heteroatoms. The SMILES string of the molecule is CCN1C(=O)c2cc(C(=O)NCCCN3CCCCC3)nn2C[C@@]1(C)C(=O)NC1CCCC1. The summed E-state index contributed by atoms with van der Waals surface area (Å²) in [5.74, 6) is -0.678. The molecule has 2 aliphatic heterocycles. The van der Waals surface area contributed by atoms with Gasteiger partial charge in [-0.2, -0.15) is 5.10 Å². The van der Waals surface area contributed by atoms with Crippen LogP contribution in [0.2, 0.25) is 0 Å². The van der Waals surface area contributed by atoms with E-state index >= 15 is 0 Å². The van der Waals surface area contributed by atoms with Gasteiger partial charge < -0.3 is 20.4 Å². The minimum Gasteiger partial charge on any atom is -0.351 e. The van der Waals surface area contributed by atoms with Crippen LogP contribution in [0.15, 0.2) is 6.07 Å². The van der Waals surface area contributed by atoms with Gasteiger partial charge in [-0.25, -0.2) is 0 Å². The third-order valence-corrected chi connectivity index (χ3v) is 7.41. The van der Waals surface area contributed by atoms with Crippen LogP contribution in [-0.2, 0) is 11.3 Å². The van der Waals surface area contributed by atoms with Crippen LogP contribution < -0.4 is 10.6 Å². The van der Waals surface area contributed by atoms with Crippen molar-refractivity contribution in [3.63, 3.8) is 0 Å². The van der Waals surface area contributed by atoms with E-state index in [1.165, 1.54) is 23.9 Å². The molecule has 0 aromatic carbocycles. The summed E-state index contributed by atoms with van der Waals surface area (Å²) < 4.78 is 1.53. The monoisotopic (exact) mass is 458 g/mol. The van der Waals surface area contributed by atoms with Gasteiger partial charge in [-0.05, 0) is 65.6 Å². The molecular weight excluding hydrogens is 420 g/mol. The van der Waals surface area contributed by atoms with Crippen molar-refractivity contribution in [2.24, 2.45) is 0 Å². The normalized spacial score (nSPS) is 24.1. The fraction of sp³-hybridized carbons (Fsp3) is 0.750. The molecule has 2 N–H and O–H groups in total. The number of hydrogen-bond acceptors (Lipinski definition) is 5. The second-order valence-electron chi connectivity index (χ2n) is 9.86. The van der Waals surface area contributed by atoms with Crippen LogP contribution in [-0.4, -0.2) is 81.6 Å². The molecule has 3 aliphatic rings. The lowest BCUT2D eigenvalue weighted by Crippen LogP contribution is -2.64. The zero-order chi connectivity index (χ0) is 23.4. The summed E-state index contributed by atoms with van der Waals surface area (Å²) in [6.07, 6.45) is 8.93. The quantitative estimate of drug-likeness (QED) is 0.579. The van der Waals surface area contributed by atoms with Gasteiger partial charge in [0.05, 0.1) is 6.54 Å². The van der Waals surface area contributed by atoms with Crippen molar-refractivity contribution in [1.82, 2.24) is 30.2 Å². The Labute approximate surface area is 196 Å². The van der Waals surface area contributed by atoms with Gasteiger partial charge in [-0.15, -0.1) is 0 Å². The molecule has 1 aliphatic carbocycles. The maximum absolute atomic E-state index is 13.2. The number of aromatic nitrogens is 2. The Morgan fingerprint density at radius 3 is 2.58 bits per heavy atom. The minimum atomic E-state index is -1.03. The Morgan fingerprint density at radius 2 is 1.88 bits per heavy atom. The first kappa shape index (κ1) is 23.7. The van der Waals surface area contributed by atoms with Crippen molar-refractivity contribution in [3.05, 3.63) is 17.5 Å². The van der Waals surface area contributed by atoms with E-state index in [1.54, 1.807) is 17.9 Å².